The Morgan fingerprint density at radius 3 is 2.73 bits per heavy atom. The minimum absolute atomic E-state index is 0.00931. The lowest BCUT2D eigenvalue weighted by atomic mass is 10.0. The van der Waals surface area contributed by atoms with Crippen molar-refractivity contribution in [3.63, 3.8) is 0 Å². The summed E-state index contributed by atoms with van der Waals surface area (Å²) < 4.78 is 6.90. The Bertz CT molecular complexity index is 916. The molecule has 6 nitrogen and oxygen atoms in total. The highest BCUT2D eigenvalue weighted by Gasteiger charge is 2.27. The zero-order valence-electron chi connectivity index (χ0n) is 15.2. The second kappa shape index (κ2) is 7.15. The summed E-state index contributed by atoms with van der Waals surface area (Å²) in [5.74, 6) is 0.289. The molecule has 1 aromatic carbocycles. The Morgan fingerprint density at radius 1 is 1.23 bits per heavy atom. The summed E-state index contributed by atoms with van der Waals surface area (Å²) in [7, 11) is 0. The molecular weight excluding hydrogens is 332 g/mol. The highest BCUT2D eigenvalue weighted by molar-refractivity contribution is 6.03. The van der Waals surface area contributed by atoms with E-state index in [0.29, 0.717) is 23.5 Å². The van der Waals surface area contributed by atoms with Crippen LogP contribution in [0.1, 0.15) is 42.2 Å². The molecule has 0 saturated heterocycles. The quantitative estimate of drug-likeness (QED) is 0.774. The Labute approximate surface area is 152 Å². The summed E-state index contributed by atoms with van der Waals surface area (Å²) in [6.07, 6.45) is 2.48. The van der Waals surface area contributed by atoms with E-state index in [2.05, 4.69) is 0 Å². The van der Waals surface area contributed by atoms with Crippen LogP contribution in [0.2, 0.25) is 0 Å². The van der Waals surface area contributed by atoms with Crippen LogP contribution in [0.4, 0.5) is 5.69 Å². The first kappa shape index (κ1) is 17.9. The number of anilines is 1. The molecule has 6 heteroatoms. The molecule has 1 aliphatic heterocycles. The van der Waals surface area contributed by atoms with Crippen molar-refractivity contribution in [1.29, 1.82) is 0 Å². The third-order valence-corrected chi connectivity index (χ3v) is 4.52. The van der Waals surface area contributed by atoms with Gasteiger partial charge in [-0.25, -0.2) is 0 Å². The first-order valence-electron chi connectivity index (χ1n) is 8.72. The number of amides is 1. The molecular formula is C20H22N2O4. The summed E-state index contributed by atoms with van der Waals surface area (Å²) in [4.78, 5) is 38.8. The van der Waals surface area contributed by atoms with Crippen LogP contribution in [-0.4, -0.2) is 29.4 Å². The van der Waals surface area contributed by atoms with Crippen LogP contribution in [0.3, 0.4) is 0 Å². The minimum Gasteiger partial charge on any atom is -0.482 e. The van der Waals surface area contributed by atoms with E-state index in [-0.39, 0.29) is 23.9 Å². The number of benzene rings is 1. The fraction of sp³-hybridized carbons (Fsp3) is 0.350. The standard InChI is InChI=1S/C20H22N2O4/c1-4-9-21-16-10-15(6-7-17(16)26-12-19(21)24)20(25)14(3)22-11-13(2)5-8-18(22)23/h5-8,10-11,14H,4,9,12H2,1-3H3. The molecule has 2 aromatic rings. The topological polar surface area (TPSA) is 68.6 Å². The summed E-state index contributed by atoms with van der Waals surface area (Å²) in [6, 6.07) is 7.62. The number of pyridine rings is 1. The number of nitrogens with zero attached hydrogens (tertiary/aromatic N) is 2. The molecule has 1 unspecified atom stereocenters. The van der Waals surface area contributed by atoms with Gasteiger partial charge in [0.25, 0.3) is 11.5 Å². The van der Waals surface area contributed by atoms with E-state index in [1.807, 2.05) is 13.8 Å². The van der Waals surface area contributed by atoms with Crippen molar-refractivity contribution in [3.05, 3.63) is 58.0 Å². The van der Waals surface area contributed by atoms with Crippen LogP contribution in [0.25, 0.3) is 0 Å². The molecule has 0 N–H and O–H groups in total. The molecule has 26 heavy (non-hydrogen) atoms. The summed E-state index contributed by atoms with van der Waals surface area (Å²) >= 11 is 0. The number of fused-ring (bicyclic) bond motifs is 1. The van der Waals surface area contributed by atoms with Gasteiger partial charge < -0.3 is 14.2 Å². The van der Waals surface area contributed by atoms with Gasteiger partial charge in [0.2, 0.25) is 0 Å². The molecule has 2 heterocycles. The van der Waals surface area contributed by atoms with E-state index in [1.165, 1.54) is 10.6 Å². The van der Waals surface area contributed by atoms with Crippen LogP contribution in [-0.2, 0) is 4.79 Å². The second-order valence-electron chi connectivity index (χ2n) is 6.51. The van der Waals surface area contributed by atoms with Gasteiger partial charge in [-0.2, -0.15) is 0 Å². The maximum Gasteiger partial charge on any atom is 0.265 e. The lowest BCUT2D eigenvalue weighted by Crippen LogP contribution is -2.39. The molecule has 0 saturated carbocycles. The van der Waals surface area contributed by atoms with Gasteiger partial charge in [0, 0.05) is 24.4 Å². The molecule has 3 rings (SSSR count). The predicted molar refractivity (Wildman–Crippen MR) is 99.1 cm³/mol. The van der Waals surface area contributed by atoms with Crippen molar-refractivity contribution < 1.29 is 14.3 Å². The van der Waals surface area contributed by atoms with Crippen molar-refractivity contribution in [2.24, 2.45) is 0 Å². The average molecular weight is 354 g/mol. The van der Waals surface area contributed by atoms with Gasteiger partial charge in [0.05, 0.1) is 11.7 Å². The number of carbonyl (C=O) groups is 2. The second-order valence-corrected chi connectivity index (χ2v) is 6.51. The summed E-state index contributed by atoms with van der Waals surface area (Å²) in [5.41, 5.74) is 1.74. The Balaban J connectivity index is 1.97. The van der Waals surface area contributed by atoms with Gasteiger partial charge in [-0.1, -0.05) is 13.0 Å². The molecule has 0 radical (unpaired) electrons. The minimum atomic E-state index is -0.639. The highest BCUT2D eigenvalue weighted by atomic mass is 16.5. The number of hydrogen-bond acceptors (Lipinski definition) is 4. The summed E-state index contributed by atoms with van der Waals surface area (Å²) in [6.45, 7) is 6.14. The lowest BCUT2D eigenvalue weighted by molar-refractivity contribution is -0.121. The van der Waals surface area contributed by atoms with Gasteiger partial charge in [-0.05, 0) is 44.0 Å². The maximum absolute atomic E-state index is 12.9. The van der Waals surface area contributed by atoms with Gasteiger partial charge in [-0.15, -0.1) is 0 Å². The Morgan fingerprint density at radius 2 is 2.00 bits per heavy atom. The van der Waals surface area contributed by atoms with E-state index in [9.17, 15) is 14.4 Å². The number of Topliss-reactive ketones (excluding diaryl/α,β-unsaturated/α-hetero) is 1. The maximum atomic E-state index is 12.9. The number of hydrogen-bond donors (Lipinski definition) is 0. The van der Waals surface area contributed by atoms with E-state index in [0.717, 1.165) is 12.0 Å². The van der Waals surface area contributed by atoms with Crippen molar-refractivity contribution >= 4 is 17.4 Å². The van der Waals surface area contributed by atoms with Crippen molar-refractivity contribution in [2.45, 2.75) is 33.2 Å². The number of aryl methyl sites for hydroxylation is 1. The van der Waals surface area contributed by atoms with Crippen molar-refractivity contribution in [1.82, 2.24) is 4.57 Å². The molecule has 1 aliphatic rings. The number of ether oxygens (including phenoxy) is 1. The first-order valence-corrected chi connectivity index (χ1v) is 8.72. The van der Waals surface area contributed by atoms with Crippen LogP contribution in [0, 0.1) is 6.92 Å². The largest absolute Gasteiger partial charge is 0.482 e. The molecule has 1 amide bonds. The van der Waals surface area contributed by atoms with E-state index < -0.39 is 6.04 Å². The SMILES string of the molecule is CCCN1C(=O)COc2ccc(C(=O)C(C)n3cc(C)ccc3=O)cc21. The molecule has 1 aromatic heterocycles. The molecule has 0 aliphatic carbocycles. The van der Waals surface area contributed by atoms with Crippen LogP contribution in [0.5, 0.6) is 5.75 Å². The predicted octanol–water partition coefficient (Wildman–Crippen LogP) is 2.74. The van der Waals surface area contributed by atoms with Gasteiger partial charge in [-0.3, -0.25) is 14.4 Å². The summed E-state index contributed by atoms with van der Waals surface area (Å²) in [5, 5.41) is 0. The molecule has 136 valence electrons. The van der Waals surface area contributed by atoms with E-state index in [1.54, 1.807) is 42.3 Å². The zero-order valence-corrected chi connectivity index (χ0v) is 15.2. The zero-order chi connectivity index (χ0) is 18.8. The van der Waals surface area contributed by atoms with Crippen LogP contribution < -0.4 is 15.2 Å². The highest BCUT2D eigenvalue weighted by Crippen LogP contribution is 2.34. The molecule has 0 fully saturated rings. The Hall–Kier alpha value is -2.89. The number of rotatable bonds is 5. The first-order chi connectivity index (χ1) is 12.4. The fourth-order valence-electron chi connectivity index (χ4n) is 3.11. The third kappa shape index (κ3) is 3.27. The number of ketones is 1. The lowest BCUT2D eigenvalue weighted by Gasteiger charge is -2.29. The normalized spacial score (nSPS) is 14.6. The van der Waals surface area contributed by atoms with Crippen LogP contribution >= 0.6 is 0 Å². The fourth-order valence-corrected chi connectivity index (χ4v) is 3.11. The molecule has 0 bridgehead atoms. The monoisotopic (exact) mass is 354 g/mol. The average Bonchev–Trinajstić information content (AvgIpc) is 2.64. The van der Waals surface area contributed by atoms with E-state index >= 15 is 0 Å². The van der Waals surface area contributed by atoms with Gasteiger partial charge in [0.1, 0.15) is 5.75 Å². The third-order valence-electron chi connectivity index (χ3n) is 4.52. The Kier molecular flexibility index (Phi) is 4.93. The van der Waals surface area contributed by atoms with E-state index in [4.69, 9.17) is 4.74 Å². The molecule has 0 spiro atoms. The smallest absolute Gasteiger partial charge is 0.265 e. The van der Waals surface area contributed by atoms with Crippen molar-refractivity contribution in [2.75, 3.05) is 18.1 Å². The van der Waals surface area contributed by atoms with Crippen molar-refractivity contribution in [3.8, 4) is 5.75 Å². The number of carbonyl (C=O) groups excluding carboxylic acids is 2. The van der Waals surface area contributed by atoms with Crippen LogP contribution in [0.15, 0.2) is 41.3 Å². The number of aromatic nitrogens is 1. The van der Waals surface area contributed by atoms with Gasteiger partial charge >= 0.3 is 0 Å². The molecule has 1 atom stereocenters. The van der Waals surface area contributed by atoms with Gasteiger partial charge in [0.15, 0.2) is 12.4 Å².